The Morgan fingerprint density at radius 2 is 1.81 bits per heavy atom. The lowest BCUT2D eigenvalue weighted by Crippen LogP contribution is -2.44. The molecule has 1 aromatic rings. The van der Waals surface area contributed by atoms with Crippen molar-refractivity contribution in [2.45, 2.75) is 18.6 Å². The van der Waals surface area contributed by atoms with Crippen molar-refractivity contribution in [1.29, 1.82) is 0 Å². The number of rotatable bonds is 1. The molecule has 1 fully saturated rings. The van der Waals surface area contributed by atoms with Crippen molar-refractivity contribution in [2.75, 3.05) is 23.7 Å². The summed E-state index contributed by atoms with van der Waals surface area (Å²) in [6, 6.07) is 0. The fraction of sp³-hybridized carbons (Fsp3) is 0.667. The summed E-state index contributed by atoms with van der Waals surface area (Å²) in [5, 5.41) is 0.289. The van der Waals surface area contributed by atoms with Gasteiger partial charge in [-0.2, -0.15) is 26.7 Å². The molecule has 0 unspecified atom stereocenters. The quantitative estimate of drug-likeness (QED) is 0.790. The molecule has 1 aliphatic rings. The summed E-state index contributed by atoms with van der Waals surface area (Å²) >= 11 is 13.5. The van der Waals surface area contributed by atoms with Crippen LogP contribution in [0.2, 0.25) is 10.6 Å². The third-order valence-corrected chi connectivity index (χ3v) is 3.91. The van der Waals surface area contributed by atoms with Crippen LogP contribution in [0.15, 0.2) is 0 Å². The van der Waals surface area contributed by atoms with Gasteiger partial charge in [-0.15, -0.1) is 0 Å². The van der Waals surface area contributed by atoms with Crippen molar-refractivity contribution in [3.63, 3.8) is 0 Å². The number of halogens is 2. The summed E-state index contributed by atoms with van der Waals surface area (Å²) < 4.78 is 0.198. The van der Waals surface area contributed by atoms with E-state index in [1.54, 1.807) is 0 Å². The summed E-state index contributed by atoms with van der Waals surface area (Å²) in [6.07, 6.45) is 0. The molecular formula is C9H12Cl2N4S. The van der Waals surface area contributed by atoms with Crippen molar-refractivity contribution in [2.24, 2.45) is 0 Å². The van der Waals surface area contributed by atoms with Crippen LogP contribution in [-0.2, 0) is 0 Å². The minimum Gasteiger partial charge on any atom is -0.338 e. The van der Waals surface area contributed by atoms with Gasteiger partial charge in [-0.1, -0.05) is 0 Å². The van der Waals surface area contributed by atoms with E-state index in [0.717, 1.165) is 18.8 Å². The molecule has 1 aliphatic heterocycles. The molecule has 0 aliphatic carbocycles. The first-order valence-corrected chi connectivity index (χ1v) is 6.66. The second kappa shape index (κ2) is 4.55. The van der Waals surface area contributed by atoms with E-state index < -0.39 is 0 Å². The molecule has 0 saturated carbocycles. The third kappa shape index (κ3) is 2.90. The maximum Gasteiger partial charge on any atom is 0.231 e. The normalized spacial score (nSPS) is 19.9. The minimum atomic E-state index is 0.144. The lowest BCUT2D eigenvalue weighted by Gasteiger charge is -2.37. The smallest absolute Gasteiger partial charge is 0.231 e. The Bertz CT molecular complexity index is 379. The van der Waals surface area contributed by atoms with Gasteiger partial charge >= 0.3 is 0 Å². The van der Waals surface area contributed by atoms with Gasteiger partial charge in [0.2, 0.25) is 16.5 Å². The third-order valence-electron chi connectivity index (χ3n) is 2.28. The van der Waals surface area contributed by atoms with Crippen molar-refractivity contribution in [3.05, 3.63) is 10.6 Å². The van der Waals surface area contributed by atoms with Crippen molar-refractivity contribution < 1.29 is 0 Å². The fourth-order valence-corrected chi connectivity index (χ4v) is 3.11. The van der Waals surface area contributed by atoms with E-state index in [1.807, 2.05) is 11.8 Å². The molecule has 88 valence electrons. The van der Waals surface area contributed by atoms with Crippen molar-refractivity contribution >= 4 is 40.9 Å². The van der Waals surface area contributed by atoms with Crippen molar-refractivity contribution in [1.82, 2.24) is 15.0 Å². The van der Waals surface area contributed by atoms with Gasteiger partial charge in [0.1, 0.15) is 0 Å². The molecule has 16 heavy (non-hydrogen) atoms. The highest BCUT2D eigenvalue weighted by Gasteiger charge is 2.28. The van der Waals surface area contributed by atoms with Crippen molar-refractivity contribution in [3.8, 4) is 0 Å². The molecule has 2 heterocycles. The Morgan fingerprint density at radius 1 is 1.19 bits per heavy atom. The summed E-state index contributed by atoms with van der Waals surface area (Å²) in [4.78, 5) is 14.0. The monoisotopic (exact) mass is 278 g/mol. The van der Waals surface area contributed by atoms with Gasteiger partial charge in [0.05, 0.1) is 0 Å². The maximum atomic E-state index is 5.76. The van der Waals surface area contributed by atoms with Gasteiger partial charge in [-0.05, 0) is 37.0 Å². The predicted octanol–water partition coefficient (Wildman–Crippen LogP) is 2.51. The Morgan fingerprint density at radius 3 is 2.38 bits per heavy atom. The van der Waals surface area contributed by atoms with Crippen LogP contribution in [0.1, 0.15) is 13.8 Å². The summed E-state index contributed by atoms with van der Waals surface area (Å²) in [7, 11) is 0. The number of thioether (sulfide) groups is 1. The largest absolute Gasteiger partial charge is 0.338 e. The molecule has 0 amide bonds. The number of hydrogen-bond donors (Lipinski definition) is 0. The molecule has 0 aromatic carbocycles. The van der Waals surface area contributed by atoms with Crippen LogP contribution in [0.4, 0.5) is 5.95 Å². The average molecular weight is 279 g/mol. The van der Waals surface area contributed by atoms with Gasteiger partial charge in [0.15, 0.2) is 0 Å². The van der Waals surface area contributed by atoms with E-state index in [0.29, 0.717) is 5.95 Å². The van der Waals surface area contributed by atoms with Crippen LogP contribution in [-0.4, -0.2) is 38.5 Å². The lowest BCUT2D eigenvalue weighted by molar-refractivity contribution is 0.634. The fourth-order valence-electron chi connectivity index (χ4n) is 1.64. The molecule has 1 aromatic heterocycles. The van der Waals surface area contributed by atoms with Crippen LogP contribution in [0.3, 0.4) is 0 Å². The summed E-state index contributed by atoms with van der Waals surface area (Å²) in [6.45, 7) is 6.20. The standard InChI is InChI=1S/C9H12Cl2N4S/c1-9(2)5-15(3-4-16-9)8-13-6(10)12-7(11)14-8/h3-5H2,1-2H3. The first-order valence-electron chi connectivity index (χ1n) is 4.92. The molecule has 1 saturated heterocycles. The molecular weight excluding hydrogens is 267 g/mol. The van der Waals surface area contributed by atoms with E-state index in [9.17, 15) is 0 Å². The van der Waals surface area contributed by atoms with Gasteiger partial charge < -0.3 is 4.90 Å². The Kier molecular flexibility index (Phi) is 3.47. The van der Waals surface area contributed by atoms with Crippen LogP contribution in [0.25, 0.3) is 0 Å². The van der Waals surface area contributed by atoms with Gasteiger partial charge in [0.25, 0.3) is 0 Å². The zero-order chi connectivity index (χ0) is 11.8. The number of anilines is 1. The number of hydrogen-bond acceptors (Lipinski definition) is 5. The first kappa shape index (κ1) is 12.2. The molecule has 0 bridgehead atoms. The summed E-state index contributed by atoms with van der Waals surface area (Å²) in [5.74, 6) is 1.62. The molecule has 2 rings (SSSR count). The topological polar surface area (TPSA) is 41.9 Å². The van der Waals surface area contributed by atoms with E-state index in [4.69, 9.17) is 23.2 Å². The molecule has 0 atom stereocenters. The average Bonchev–Trinajstić information content (AvgIpc) is 2.14. The van der Waals surface area contributed by atoms with Gasteiger partial charge in [0, 0.05) is 23.6 Å². The Balaban J connectivity index is 2.23. The Hall–Kier alpha value is -0.260. The van der Waals surface area contributed by atoms with E-state index in [2.05, 4.69) is 33.7 Å². The highest BCUT2D eigenvalue weighted by atomic mass is 35.5. The highest BCUT2D eigenvalue weighted by molar-refractivity contribution is 8.00. The second-order valence-electron chi connectivity index (χ2n) is 4.20. The van der Waals surface area contributed by atoms with E-state index in [1.165, 1.54) is 0 Å². The van der Waals surface area contributed by atoms with E-state index >= 15 is 0 Å². The minimum absolute atomic E-state index is 0.144. The zero-order valence-electron chi connectivity index (χ0n) is 9.07. The molecule has 4 nitrogen and oxygen atoms in total. The predicted molar refractivity (Wildman–Crippen MR) is 68.6 cm³/mol. The number of nitrogens with zero attached hydrogens (tertiary/aromatic N) is 4. The summed E-state index contributed by atoms with van der Waals surface area (Å²) in [5.41, 5.74) is 0. The number of aromatic nitrogens is 3. The van der Waals surface area contributed by atoms with Crippen LogP contribution >= 0.6 is 35.0 Å². The Labute approximate surface area is 109 Å². The first-order chi connectivity index (χ1) is 7.46. The highest BCUT2D eigenvalue weighted by Crippen LogP contribution is 2.31. The van der Waals surface area contributed by atoms with E-state index in [-0.39, 0.29) is 15.3 Å². The van der Waals surface area contributed by atoms with Gasteiger partial charge in [-0.3, -0.25) is 0 Å². The lowest BCUT2D eigenvalue weighted by atomic mass is 10.2. The maximum absolute atomic E-state index is 5.76. The molecule has 7 heteroatoms. The molecule has 0 radical (unpaired) electrons. The van der Waals surface area contributed by atoms with Crippen LogP contribution in [0, 0.1) is 0 Å². The zero-order valence-corrected chi connectivity index (χ0v) is 11.4. The SMILES string of the molecule is CC1(C)CN(c2nc(Cl)nc(Cl)n2)CCS1. The second-order valence-corrected chi connectivity index (χ2v) is 6.68. The molecule has 0 spiro atoms. The van der Waals surface area contributed by atoms with Crippen LogP contribution < -0.4 is 4.90 Å². The molecule has 0 N–H and O–H groups in total. The van der Waals surface area contributed by atoms with Crippen LogP contribution in [0.5, 0.6) is 0 Å². The van der Waals surface area contributed by atoms with Gasteiger partial charge in [-0.25, -0.2) is 0 Å².